The first-order chi connectivity index (χ1) is 7.56. The van der Waals surface area contributed by atoms with Crippen molar-refractivity contribution in [2.24, 2.45) is 5.73 Å². The van der Waals surface area contributed by atoms with Crippen molar-refractivity contribution in [2.75, 3.05) is 17.7 Å². The third kappa shape index (κ3) is 3.00. The van der Waals surface area contributed by atoms with E-state index in [0.29, 0.717) is 5.69 Å². The van der Waals surface area contributed by atoms with E-state index in [9.17, 15) is 9.59 Å². The molecule has 0 unspecified atom stereocenters. The van der Waals surface area contributed by atoms with E-state index in [1.807, 2.05) is 12.1 Å². The molecule has 5 heteroatoms. The molecular formula is C11H14N2O2S. The Morgan fingerprint density at radius 3 is 2.31 bits per heavy atom. The Morgan fingerprint density at radius 1 is 1.31 bits per heavy atom. The summed E-state index contributed by atoms with van der Waals surface area (Å²) < 4.78 is 0. The number of hydrogen-bond acceptors (Lipinski definition) is 3. The molecular weight excluding hydrogens is 224 g/mol. The van der Waals surface area contributed by atoms with Crippen molar-refractivity contribution in [3.63, 3.8) is 0 Å². The highest BCUT2D eigenvalue weighted by Crippen LogP contribution is 2.21. The molecule has 2 amide bonds. The number of thioether (sulfide) groups is 1. The molecule has 0 saturated heterocycles. The zero-order chi connectivity index (χ0) is 12.1. The molecule has 16 heavy (non-hydrogen) atoms. The minimum atomic E-state index is -0.950. The largest absolute Gasteiger partial charge is 0.361 e. The van der Waals surface area contributed by atoms with E-state index in [2.05, 4.69) is 6.92 Å². The van der Waals surface area contributed by atoms with Crippen LogP contribution in [-0.2, 0) is 9.59 Å². The summed E-state index contributed by atoms with van der Waals surface area (Å²) in [4.78, 5) is 24.4. The molecule has 0 aliphatic heterocycles. The van der Waals surface area contributed by atoms with Crippen LogP contribution in [0.1, 0.15) is 6.92 Å². The first kappa shape index (κ1) is 12.6. The topological polar surface area (TPSA) is 63.4 Å². The average molecular weight is 238 g/mol. The smallest absolute Gasteiger partial charge is 0.315 e. The minimum absolute atomic E-state index is 0.657. The second kappa shape index (κ2) is 5.55. The van der Waals surface area contributed by atoms with Crippen LogP contribution >= 0.6 is 11.8 Å². The molecule has 0 spiro atoms. The van der Waals surface area contributed by atoms with Crippen molar-refractivity contribution in [3.05, 3.63) is 24.3 Å². The second-order valence-electron chi connectivity index (χ2n) is 3.16. The zero-order valence-electron chi connectivity index (χ0n) is 9.27. The highest BCUT2D eigenvalue weighted by atomic mass is 32.2. The summed E-state index contributed by atoms with van der Waals surface area (Å²) in [5.74, 6) is -0.666. The molecule has 0 saturated carbocycles. The van der Waals surface area contributed by atoms with Crippen molar-refractivity contribution in [1.29, 1.82) is 0 Å². The number of carbonyl (C=O) groups excluding carboxylic acids is 2. The number of rotatable bonds is 3. The summed E-state index contributed by atoms with van der Waals surface area (Å²) in [5, 5.41) is 0. The normalized spacial score (nSPS) is 9.88. The van der Waals surface area contributed by atoms with Gasteiger partial charge in [-0.25, -0.2) is 0 Å². The maximum absolute atomic E-state index is 11.3. The predicted molar refractivity (Wildman–Crippen MR) is 65.4 cm³/mol. The molecule has 0 aromatic heterocycles. The van der Waals surface area contributed by atoms with Crippen LogP contribution in [-0.4, -0.2) is 24.6 Å². The fraction of sp³-hybridized carbons (Fsp3) is 0.273. The van der Waals surface area contributed by atoms with Crippen LogP contribution in [0.5, 0.6) is 0 Å². The van der Waals surface area contributed by atoms with Gasteiger partial charge in [-0.3, -0.25) is 9.59 Å². The van der Waals surface area contributed by atoms with E-state index in [4.69, 9.17) is 5.73 Å². The standard InChI is InChI=1S/C11H14N2O2S/c1-3-16-9-6-4-8(5-7-9)13(2)11(15)10(12)14/h4-7H,3H2,1-2H3,(H2,12,14). The van der Waals surface area contributed by atoms with Gasteiger partial charge in [0.05, 0.1) is 0 Å². The fourth-order valence-electron chi connectivity index (χ4n) is 1.22. The van der Waals surface area contributed by atoms with Crippen molar-refractivity contribution < 1.29 is 9.59 Å². The number of hydrogen-bond donors (Lipinski definition) is 1. The lowest BCUT2D eigenvalue weighted by Crippen LogP contribution is -2.37. The lowest BCUT2D eigenvalue weighted by molar-refractivity contribution is -0.135. The van der Waals surface area contributed by atoms with Crippen LogP contribution in [0.3, 0.4) is 0 Å². The lowest BCUT2D eigenvalue weighted by atomic mass is 10.3. The maximum atomic E-state index is 11.3. The first-order valence-corrected chi connectivity index (χ1v) is 5.85. The van der Waals surface area contributed by atoms with Gasteiger partial charge in [0.2, 0.25) is 0 Å². The quantitative estimate of drug-likeness (QED) is 0.636. The molecule has 4 nitrogen and oxygen atoms in total. The van der Waals surface area contributed by atoms with Crippen molar-refractivity contribution in [1.82, 2.24) is 0 Å². The molecule has 0 fully saturated rings. The molecule has 0 atom stereocenters. The SMILES string of the molecule is CCSc1ccc(N(C)C(=O)C(N)=O)cc1. The Bertz CT molecular complexity index is 389. The Balaban J connectivity index is 2.81. The van der Waals surface area contributed by atoms with E-state index in [1.54, 1.807) is 23.9 Å². The van der Waals surface area contributed by atoms with Crippen LogP contribution in [0.25, 0.3) is 0 Å². The molecule has 0 aliphatic rings. The van der Waals surface area contributed by atoms with Crippen molar-refractivity contribution in [2.45, 2.75) is 11.8 Å². The highest BCUT2D eigenvalue weighted by molar-refractivity contribution is 7.99. The molecule has 1 rings (SSSR count). The molecule has 0 heterocycles. The van der Waals surface area contributed by atoms with Gasteiger partial charge in [0.1, 0.15) is 0 Å². The first-order valence-electron chi connectivity index (χ1n) is 4.86. The van der Waals surface area contributed by atoms with E-state index in [0.717, 1.165) is 10.6 Å². The molecule has 1 aromatic carbocycles. The van der Waals surface area contributed by atoms with Crippen molar-refractivity contribution >= 4 is 29.3 Å². The van der Waals surface area contributed by atoms with Gasteiger partial charge in [0.15, 0.2) is 0 Å². The van der Waals surface area contributed by atoms with Gasteiger partial charge in [-0.1, -0.05) is 6.92 Å². The Kier molecular flexibility index (Phi) is 4.37. The average Bonchev–Trinajstić information content (AvgIpc) is 2.28. The number of carbonyl (C=O) groups is 2. The molecule has 86 valence electrons. The second-order valence-corrected chi connectivity index (χ2v) is 4.49. The van der Waals surface area contributed by atoms with Crippen LogP contribution < -0.4 is 10.6 Å². The summed E-state index contributed by atoms with van der Waals surface area (Å²) in [6.07, 6.45) is 0. The van der Waals surface area contributed by atoms with E-state index >= 15 is 0 Å². The third-order valence-electron chi connectivity index (χ3n) is 2.05. The van der Waals surface area contributed by atoms with Gasteiger partial charge < -0.3 is 10.6 Å². The van der Waals surface area contributed by atoms with Crippen LogP contribution in [0.4, 0.5) is 5.69 Å². The Hall–Kier alpha value is -1.49. The third-order valence-corrected chi connectivity index (χ3v) is 2.94. The summed E-state index contributed by atoms with van der Waals surface area (Å²) in [7, 11) is 1.52. The number of primary amides is 1. The van der Waals surface area contributed by atoms with Gasteiger partial charge in [0.25, 0.3) is 0 Å². The van der Waals surface area contributed by atoms with Gasteiger partial charge >= 0.3 is 11.8 Å². The van der Waals surface area contributed by atoms with E-state index in [1.165, 1.54) is 11.9 Å². The van der Waals surface area contributed by atoms with Gasteiger partial charge in [-0.05, 0) is 30.0 Å². The summed E-state index contributed by atoms with van der Waals surface area (Å²) in [6.45, 7) is 2.07. The molecule has 0 aliphatic carbocycles. The number of anilines is 1. The summed E-state index contributed by atoms with van der Waals surface area (Å²) in [6, 6.07) is 7.40. The van der Waals surface area contributed by atoms with Gasteiger partial charge in [-0.2, -0.15) is 0 Å². The summed E-state index contributed by atoms with van der Waals surface area (Å²) >= 11 is 1.72. The van der Waals surface area contributed by atoms with Crippen molar-refractivity contribution in [3.8, 4) is 0 Å². The number of likely N-dealkylation sites (N-methyl/N-ethyl adjacent to an activating group) is 1. The van der Waals surface area contributed by atoms with Crippen LogP contribution in [0, 0.1) is 0 Å². The molecule has 0 bridgehead atoms. The Morgan fingerprint density at radius 2 is 1.88 bits per heavy atom. The number of nitrogens with zero attached hydrogens (tertiary/aromatic N) is 1. The highest BCUT2D eigenvalue weighted by Gasteiger charge is 2.16. The predicted octanol–water partition coefficient (Wildman–Crippen LogP) is 1.25. The van der Waals surface area contributed by atoms with Crippen LogP contribution in [0.15, 0.2) is 29.2 Å². The van der Waals surface area contributed by atoms with Gasteiger partial charge in [0, 0.05) is 17.6 Å². The number of amides is 2. The van der Waals surface area contributed by atoms with Crippen LogP contribution in [0.2, 0.25) is 0 Å². The van der Waals surface area contributed by atoms with Gasteiger partial charge in [-0.15, -0.1) is 11.8 Å². The monoisotopic (exact) mass is 238 g/mol. The molecule has 1 aromatic rings. The number of benzene rings is 1. The Labute approximate surface area is 98.8 Å². The lowest BCUT2D eigenvalue weighted by Gasteiger charge is -2.15. The summed E-state index contributed by atoms with van der Waals surface area (Å²) in [5.41, 5.74) is 5.57. The van der Waals surface area contributed by atoms with E-state index < -0.39 is 11.8 Å². The fourth-order valence-corrected chi connectivity index (χ4v) is 1.88. The minimum Gasteiger partial charge on any atom is -0.361 e. The molecule has 0 radical (unpaired) electrons. The van der Waals surface area contributed by atoms with E-state index in [-0.39, 0.29) is 0 Å². The zero-order valence-corrected chi connectivity index (χ0v) is 10.1. The number of nitrogens with two attached hydrogens (primary N) is 1. The molecule has 2 N–H and O–H groups in total. The maximum Gasteiger partial charge on any atom is 0.315 e.